The Balaban J connectivity index is 1.65. The summed E-state index contributed by atoms with van der Waals surface area (Å²) in [7, 11) is -3.33. The number of allylic oxidation sites excluding steroid dienone is 2. The molecular formula is C22H36N2O3S. The number of fused-ring (bicyclic) bond motifs is 5. The van der Waals surface area contributed by atoms with Crippen molar-refractivity contribution in [2.45, 2.75) is 78.2 Å². The predicted molar refractivity (Wildman–Crippen MR) is 112 cm³/mol. The number of aliphatic hydroxyl groups excluding tert-OH is 1. The van der Waals surface area contributed by atoms with E-state index in [2.05, 4.69) is 36.8 Å². The van der Waals surface area contributed by atoms with Gasteiger partial charge < -0.3 is 5.11 Å². The minimum absolute atomic E-state index is 0.115. The van der Waals surface area contributed by atoms with Crippen molar-refractivity contribution < 1.29 is 13.5 Å². The number of nitrogens with one attached hydrogen (secondary N) is 1. The molecule has 0 spiro atoms. The molecule has 3 saturated carbocycles. The molecule has 0 amide bonds. The Bertz CT molecular complexity index is 805. The van der Waals surface area contributed by atoms with Gasteiger partial charge in [-0.15, -0.1) is 0 Å². The molecule has 4 rings (SSSR count). The highest BCUT2D eigenvalue weighted by atomic mass is 32.2. The Morgan fingerprint density at radius 1 is 1.21 bits per heavy atom. The fraction of sp³-hybridized carbons (Fsp3) is 0.864. The van der Waals surface area contributed by atoms with E-state index in [9.17, 15) is 13.5 Å². The van der Waals surface area contributed by atoms with E-state index in [1.54, 1.807) is 0 Å². The van der Waals surface area contributed by atoms with E-state index in [4.69, 9.17) is 0 Å². The molecule has 0 bridgehead atoms. The van der Waals surface area contributed by atoms with E-state index >= 15 is 0 Å². The maximum atomic E-state index is 11.5. The second kappa shape index (κ2) is 6.83. The van der Waals surface area contributed by atoms with E-state index < -0.39 is 10.0 Å². The number of sulfonamides is 1. The van der Waals surface area contributed by atoms with Crippen LogP contribution in [-0.4, -0.2) is 31.6 Å². The zero-order chi connectivity index (χ0) is 20.3. The van der Waals surface area contributed by atoms with Crippen LogP contribution in [0.25, 0.3) is 0 Å². The summed E-state index contributed by atoms with van der Waals surface area (Å²) < 4.78 is 23.0. The zero-order valence-corrected chi connectivity index (χ0v) is 18.6. The molecule has 0 saturated heterocycles. The Morgan fingerprint density at radius 2 is 1.96 bits per heavy atom. The second-order valence-corrected chi connectivity index (χ2v) is 12.1. The van der Waals surface area contributed by atoms with Crippen molar-refractivity contribution in [2.24, 2.45) is 39.6 Å². The van der Waals surface area contributed by atoms with Crippen molar-refractivity contribution in [3.05, 3.63) is 11.6 Å². The van der Waals surface area contributed by atoms with Crippen LogP contribution in [0.3, 0.4) is 0 Å². The lowest BCUT2D eigenvalue weighted by molar-refractivity contribution is -0.0744. The number of hydrogen-bond acceptors (Lipinski definition) is 4. The molecule has 2 N–H and O–H groups in total. The molecule has 6 heteroatoms. The van der Waals surface area contributed by atoms with Crippen LogP contribution in [0.5, 0.6) is 0 Å². The van der Waals surface area contributed by atoms with Crippen LogP contribution in [0.1, 0.15) is 72.1 Å². The van der Waals surface area contributed by atoms with Crippen LogP contribution < -0.4 is 4.83 Å². The summed E-state index contributed by atoms with van der Waals surface area (Å²) in [5, 5.41) is 14.9. The average molecular weight is 409 g/mol. The van der Waals surface area contributed by atoms with Gasteiger partial charge in [-0.25, -0.2) is 13.2 Å². The van der Waals surface area contributed by atoms with Gasteiger partial charge in [0.2, 0.25) is 10.0 Å². The number of nitrogens with zero attached hydrogens (tertiary/aromatic N) is 1. The van der Waals surface area contributed by atoms with Gasteiger partial charge in [0.1, 0.15) is 0 Å². The molecule has 0 aliphatic heterocycles. The van der Waals surface area contributed by atoms with Gasteiger partial charge in [0, 0.05) is 5.92 Å². The number of hydrogen-bond donors (Lipinski definition) is 2. The van der Waals surface area contributed by atoms with Gasteiger partial charge in [-0.3, -0.25) is 0 Å². The summed E-state index contributed by atoms with van der Waals surface area (Å²) >= 11 is 0. The normalized spacial score (nSPS) is 47.1. The molecule has 1 unspecified atom stereocenters. The maximum absolute atomic E-state index is 11.5. The summed E-state index contributed by atoms with van der Waals surface area (Å²) in [6, 6.07) is 0. The van der Waals surface area contributed by atoms with E-state index in [-0.39, 0.29) is 16.9 Å². The van der Waals surface area contributed by atoms with Gasteiger partial charge in [0.05, 0.1) is 18.1 Å². The highest BCUT2D eigenvalue weighted by Gasteiger charge is 2.59. The van der Waals surface area contributed by atoms with Gasteiger partial charge in [0.15, 0.2) is 0 Å². The quantitative estimate of drug-likeness (QED) is 0.696. The Labute approximate surface area is 170 Å². The highest BCUT2D eigenvalue weighted by Crippen LogP contribution is 2.65. The van der Waals surface area contributed by atoms with Crippen LogP contribution in [0, 0.1) is 34.5 Å². The standard InChI is InChI=1S/C22H36N2O3S/c1-5-14-13-22(3)15(12-19(14)23-24-28(4,26)27)6-7-16-17-8-9-20(25)21(17,2)11-10-18(16)22/h12,14,16-18,20,24-25H,5-11,13H2,1-4H3/t14?,16-,17-,18-,20-,21-,22-/m0/s1. The number of hydrazone groups is 1. The summed E-state index contributed by atoms with van der Waals surface area (Å²) in [5.41, 5.74) is 2.66. The van der Waals surface area contributed by atoms with Crippen molar-refractivity contribution in [3.8, 4) is 0 Å². The van der Waals surface area contributed by atoms with Crippen molar-refractivity contribution >= 4 is 15.7 Å². The van der Waals surface area contributed by atoms with Gasteiger partial charge >= 0.3 is 0 Å². The molecule has 4 aliphatic carbocycles. The molecule has 28 heavy (non-hydrogen) atoms. The van der Waals surface area contributed by atoms with Crippen LogP contribution in [-0.2, 0) is 10.0 Å². The lowest BCUT2D eigenvalue weighted by Crippen LogP contribution is -2.52. The molecule has 158 valence electrons. The maximum Gasteiger partial charge on any atom is 0.244 e. The first-order chi connectivity index (χ1) is 13.1. The van der Waals surface area contributed by atoms with Gasteiger partial charge in [-0.05, 0) is 86.0 Å². The first kappa shape index (κ1) is 20.4. The smallest absolute Gasteiger partial charge is 0.244 e. The molecule has 4 aliphatic rings. The van der Waals surface area contributed by atoms with E-state index in [0.29, 0.717) is 23.7 Å². The summed E-state index contributed by atoms with van der Waals surface area (Å²) in [5.74, 6) is 2.34. The third kappa shape index (κ3) is 3.15. The lowest BCUT2D eigenvalue weighted by Gasteiger charge is -2.58. The Kier molecular flexibility index (Phi) is 4.98. The van der Waals surface area contributed by atoms with Crippen molar-refractivity contribution in [1.82, 2.24) is 4.83 Å². The SMILES string of the molecule is CCC1C[C@@]2(C)C(=CC1=NNS(C)(=O)=O)CC[C@H]1[C@@H]3CC[C@H](O)[C@@]3(C)CC[C@@H]12. The number of rotatable bonds is 3. The first-order valence-electron chi connectivity index (χ1n) is 11.0. The predicted octanol–water partition coefficient (Wildman–Crippen LogP) is 3.85. The minimum Gasteiger partial charge on any atom is -0.393 e. The van der Waals surface area contributed by atoms with Crippen LogP contribution in [0.15, 0.2) is 16.8 Å². The van der Waals surface area contributed by atoms with Crippen LogP contribution >= 0.6 is 0 Å². The monoisotopic (exact) mass is 408 g/mol. The lowest BCUT2D eigenvalue weighted by atomic mass is 9.46. The van der Waals surface area contributed by atoms with E-state index in [0.717, 1.165) is 44.1 Å². The largest absolute Gasteiger partial charge is 0.393 e. The van der Waals surface area contributed by atoms with E-state index in [1.165, 1.54) is 24.8 Å². The van der Waals surface area contributed by atoms with Crippen molar-refractivity contribution in [2.75, 3.05) is 6.26 Å². The molecule has 3 fully saturated rings. The molecule has 0 radical (unpaired) electrons. The molecule has 0 aromatic carbocycles. The van der Waals surface area contributed by atoms with Gasteiger partial charge in [-0.2, -0.15) is 5.10 Å². The third-order valence-electron chi connectivity index (χ3n) is 8.93. The van der Waals surface area contributed by atoms with Crippen molar-refractivity contribution in [1.29, 1.82) is 0 Å². The average Bonchev–Trinajstić information content (AvgIpc) is 2.93. The molecule has 7 atom stereocenters. The van der Waals surface area contributed by atoms with Gasteiger partial charge in [-0.1, -0.05) is 26.3 Å². The summed E-state index contributed by atoms with van der Waals surface area (Å²) in [6.07, 6.45) is 12.0. The molecule has 5 nitrogen and oxygen atoms in total. The third-order valence-corrected chi connectivity index (χ3v) is 9.35. The van der Waals surface area contributed by atoms with Crippen molar-refractivity contribution in [3.63, 3.8) is 0 Å². The molecule has 0 aromatic rings. The number of aliphatic hydroxyl groups is 1. The fourth-order valence-corrected chi connectivity index (χ4v) is 7.62. The van der Waals surface area contributed by atoms with E-state index in [1.807, 2.05) is 0 Å². The van der Waals surface area contributed by atoms with Crippen LogP contribution in [0.4, 0.5) is 0 Å². The Hall–Kier alpha value is -0.880. The minimum atomic E-state index is -3.33. The Morgan fingerprint density at radius 3 is 2.64 bits per heavy atom. The zero-order valence-electron chi connectivity index (χ0n) is 17.7. The summed E-state index contributed by atoms with van der Waals surface area (Å²) in [4.78, 5) is 2.35. The van der Waals surface area contributed by atoms with Crippen LogP contribution in [0.2, 0.25) is 0 Å². The topological polar surface area (TPSA) is 78.8 Å². The molecular weight excluding hydrogens is 372 g/mol. The van der Waals surface area contributed by atoms with Gasteiger partial charge in [0.25, 0.3) is 0 Å². The molecule has 0 aromatic heterocycles. The highest BCUT2D eigenvalue weighted by molar-refractivity contribution is 7.88. The fourth-order valence-electron chi connectivity index (χ4n) is 7.34. The molecule has 0 heterocycles. The first-order valence-corrected chi connectivity index (χ1v) is 12.9. The summed E-state index contributed by atoms with van der Waals surface area (Å²) in [6.45, 7) is 6.96. The second-order valence-electron chi connectivity index (χ2n) is 10.3.